The van der Waals surface area contributed by atoms with Crippen molar-refractivity contribution in [2.45, 2.75) is 19.8 Å². The Morgan fingerprint density at radius 1 is 1.24 bits per heavy atom. The molecule has 0 aliphatic carbocycles. The van der Waals surface area contributed by atoms with E-state index in [1.165, 1.54) is 0 Å². The van der Waals surface area contributed by atoms with Crippen molar-refractivity contribution in [3.8, 4) is 0 Å². The zero-order chi connectivity index (χ0) is 17.4. The summed E-state index contributed by atoms with van der Waals surface area (Å²) < 4.78 is 0. The van der Waals surface area contributed by atoms with Gasteiger partial charge in [-0.1, -0.05) is 0 Å². The quantitative estimate of drug-likeness (QED) is 0.772. The molecule has 0 spiro atoms. The van der Waals surface area contributed by atoms with Crippen LogP contribution in [-0.2, 0) is 4.79 Å². The van der Waals surface area contributed by atoms with Crippen molar-refractivity contribution >= 4 is 34.2 Å². The van der Waals surface area contributed by atoms with E-state index in [1.54, 1.807) is 18.5 Å². The zero-order valence-corrected chi connectivity index (χ0v) is 13.9. The largest absolute Gasteiger partial charge is 0.345 e. The van der Waals surface area contributed by atoms with Gasteiger partial charge in [0.2, 0.25) is 5.91 Å². The smallest absolute Gasteiger partial charge is 0.255 e. The lowest BCUT2D eigenvalue weighted by Gasteiger charge is -2.19. The van der Waals surface area contributed by atoms with Gasteiger partial charge in [-0.05, 0) is 55.3 Å². The van der Waals surface area contributed by atoms with Gasteiger partial charge in [0.05, 0.1) is 17.4 Å². The van der Waals surface area contributed by atoms with Crippen LogP contribution >= 0.6 is 0 Å². The van der Waals surface area contributed by atoms with E-state index in [2.05, 4.69) is 15.3 Å². The number of benzene rings is 2. The summed E-state index contributed by atoms with van der Waals surface area (Å²) in [6.45, 7) is 2.71. The number of imidazole rings is 1. The van der Waals surface area contributed by atoms with Crippen molar-refractivity contribution < 1.29 is 9.59 Å². The number of hydrogen-bond donors (Lipinski definition) is 2. The molecule has 2 N–H and O–H groups in total. The third-order valence-corrected chi connectivity index (χ3v) is 4.50. The second kappa shape index (κ2) is 6.05. The standard InChI is InChI=1S/C19H18N4O2/c1-12-9-14(5-7-17(12)23-8-2-3-18(23)24)22-19(25)13-4-6-15-16(10-13)21-11-20-15/h4-7,9-11H,2-3,8H2,1H3,(H,20,21)(H,22,25). The fourth-order valence-corrected chi connectivity index (χ4v) is 3.22. The molecule has 2 aromatic carbocycles. The molecule has 1 fully saturated rings. The molecule has 25 heavy (non-hydrogen) atoms. The van der Waals surface area contributed by atoms with Gasteiger partial charge in [0.1, 0.15) is 0 Å². The van der Waals surface area contributed by atoms with E-state index in [9.17, 15) is 9.59 Å². The number of carbonyl (C=O) groups excluding carboxylic acids is 2. The Hall–Kier alpha value is -3.15. The number of H-pyrrole nitrogens is 1. The summed E-state index contributed by atoms with van der Waals surface area (Å²) in [6.07, 6.45) is 3.11. The second-order valence-electron chi connectivity index (χ2n) is 6.24. The van der Waals surface area contributed by atoms with E-state index in [-0.39, 0.29) is 11.8 Å². The highest BCUT2D eigenvalue weighted by Gasteiger charge is 2.23. The SMILES string of the molecule is Cc1cc(NC(=O)c2ccc3nc[nH]c3c2)ccc1N1CCCC1=O. The van der Waals surface area contributed by atoms with Crippen LogP contribution < -0.4 is 10.2 Å². The molecule has 0 atom stereocenters. The van der Waals surface area contributed by atoms with Crippen LogP contribution in [0.2, 0.25) is 0 Å². The van der Waals surface area contributed by atoms with Gasteiger partial charge in [-0.25, -0.2) is 4.98 Å². The van der Waals surface area contributed by atoms with Gasteiger partial charge in [0.15, 0.2) is 0 Å². The molecular weight excluding hydrogens is 316 g/mol. The Morgan fingerprint density at radius 2 is 2.12 bits per heavy atom. The van der Waals surface area contributed by atoms with Gasteiger partial charge in [-0.3, -0.25) is 9.59 Å². The number of anilines is 2. The molecule has 0 bridgehead atoms. The molecule has 4 rings (SSSR count). The number of aromatic amines is 1. The number of amides is 2. The number of rotatable bonds is 3. The Kier molecular flexibility index (Phi) is 3.72. The van der Waals surface area contributed by atoms with Gasteiger partial charge < -0.3 is 15.2 Å². The third-order valence-electron chi connectivity index (χ3n) is 4.50. The minimum absolute atomic E-state index is 0.160. The number of nitrogens with one attached hydrogen (secondary N) is 2. The number of carbonyl (C=O) groups is 2. The van der Waals surface area contributed by atoms with E-state index in [1.807, 2.05) is 36.1 Å². The molecular formula is C19H18N4O2. The molecule has 6 heteroatoms. The minimum atomic E-state index is -0.180. The number of fused-ring (bicyclic) bond motifs is 1. The average Bonchev–Trinajstić information content (AvgIpc) is 3.23. The normalized spacial score (nSPS) is 14.3. The summed E-state index contributed by atoms with van der Waals surface area (Å²) in [4.78, 5) is 33.3. The number of nitrogens with zero attached hydrogens (tertiary/aromatic N) is 2. The lowest BCUT2D eigenvalue weighted by molar-refractivity contribution is -0.117. The molecule has 0 saturated carbocycles. The minimum Gasteiger partial charge on any atom is -0.345 e. The van der Waals surface area contributed by atoms with Gasteiger partial charge >= 0.3 is 0 Å². The van der Waals surface area contributed by atoms with E-state index in [4.69, 9.17) is 0 Å². The first-order valence-electron chi connectivity index (χ1n) is 8.27. The molecule has 2 amide bonds. The highest BCUT2D eigenvalue weighted by atomic mass is 16.2. The zero-order valence-electron chi connectivity index (χ0n) is 13.9. The monoisotopic (exact) mass is 334 g/mol. The number of aromatic nitrogens is 2. The molecule has 0 radical (unpaired) electrons. The van der Waals surface area contributed by atoms with Crippen molar-refractivity contribution in [2.24, 2.45) is 0 Å². The highest BCUT2D eigenvalue weighted by Crippen LogP contribution is 2.27. The van der Waals surface area contributed by atoms with E-state index >= 15 is 0 Å². The second-order valence-corrected chi connectivity index (χ2v) is 6.24. The molecule has 2 heterocycles. The molecule has 3 aromatic rings. The Morgan fingerprint density at radius 3 is 2.88 bits per heavy atom. The van der Waals surface area contributed by atoms with Crippen LogP contribution in [-0.4, -0.2) is 28.3 Å². The van der Waals surface area contributed by atoms with Gasteiger partial charge in [0, 0.05) is 29.9 Å². The molecule has 126 valence electrons. The van der Waals surface area contributed by atoms with Crippen LogP contribution in [0.5, 0.6) is 0 Å². The summed E-state index contributed by atoms with van der Waals surface area (Å²) in [7, 11) is 0. The predicted molar refractivity (Wildman–Crippen MR) is 96.8 cm³/mol. The van der Waals surface area contributed by atoms with Crippen LogP contribution in [0.1, 0.15) is 28.8 Å². The average molecular weight is 334 g/mol. The van der Waals surface area contributed by atoms with Crippen LogP contribution in [0.3, 0.4) is 0 Å². The Balaban J connectivity index is 1.54. The molecule has 1 aliphatic heterocycles. The summed E-state index contributed by atoms with van der Waals surface area (Å²) in [6, 6.07) is 11.0. The maximum absolute atomic E-state index is 12.5. The van der Waals surface area contributed by atoms with Crippen LogP contribution in [0.15, 0.2) is 42.7 Å². The molecule has 1 aliphatic rings. The Bertz CT molecular complexity index is 976. The van der Waals surface area contributed by atoms with Crippen LogP contribution in [0, 0.1) is 6.92 Å². The van der Waals surface area contributed by atoms with E-state index in [0.29, 0.717) is 17.7 Å². The molecule has 6 nitrogen and oxygen atoms in total. The lowest BCUT2D eigenvalue weighted by Crippen LogP contribution is -2.24. The summed E-state index contributed by atoms with van der Waals surface area (Å²) in [5.74, 6) is -0.0198. The van der Waals surface area contributed by atoms with Crippen molar-refractivity contribution in [2.75, 3.05) is 16.8 Å². The van der Waals surface area contributed by atoms with Crippen LogP contribution in [0.25, 0.3) is 11.0 Å². The van der Waals surface area contributed by atoms with Crippen molar-refractivity contribution in [1.29, 1.82) is 0 Å². The van der Waals surface area contributed by atoms with Gasteiger partial charge in [-0.15, -0.1) is 0 Å². The van der Waals surface area contributed by atoms with Crippen LogP contribution in [0.4, 0.5) is 11.4 Å². The molecule has 0 unspecified atom stereocenters. The summed E-state index contributed by atoms with van der Waals surface area (Å²) in [5, 5.41) is 2.91. The third kappa shape index (κ3) is 2.87. The lowest BCUT2D eigenvalue weighted by atomic mass is 10.1. The van der Waals surface area contributed by atoms with Crippen molar-refractivity contribution in [1.82, 2.24) is 9.97 Å². The summed E-state index contributed by atoms with van der Waals surface area (Å²) in [5.41, 5.74) is 4.81. The number of aryl methyl sites for hydroxylation is 1. The van der Waals surface area contributed by atoms with Crippen molar-refractivity contribution in [3.63, 3.8) is 0 Å². The summed E-state index contributed by atoms with van der Waals surface area (Å²) >= 11 is 0. The first kappa shape index (κ1) is 15.4. The molecule has 1 saturated heterocycles. The van der Waals surface area contributed by atoms with E-state index < -0.39 is 0 Å². The molecule has 1 aromatic heterocycles. The van der Waals surface area contributed by atoms with Gasteiger partial charge in [0.25, 0.3) is 5.91 Å². The van der Waals surface area contributed by atoms with Crippen molar-refractivity contribution in [3.05, 3.63) is 53.9 Å². The topological polar surface area (TPSA) is 78.1 Å². The first-order chi connectivity index (χ1) is 12.1. The maximum atomic E-state index is 12.5. The predicted octanol–water partition coefficient (Wildman–Crippen LogP) is 3.25. The van der Waals surface area contributed by atoms with E-state index in [0.717, 1.165) is 35.2 Å². The Labute approximate surface area is 144 Å². The number of hydrogen-bond acceptors (Lipinski definition) is 3. The highest BCUT2D eigenvalue weighted by molar-refractivity contribution is 6.06. The fraction of sp³-hybridized carbons (Fsp3) is 0.211. The fourth-order valence-electron chi connectivity index (χ4n) is 3.22. The van der Waals surface area contributed by atoms with Gasteiger partial charge in [-0.2, -0.15) is 0 Å². The maximum Gasteiger partial charge on any atom is 0.255 e. The first-order valence-corrected chi connectivity index (χ1v) is 8.27.